The first-order chi connectivity index (χ1) is 17.9. The van der Waals surface area contributed by atoms with E-state index in [0.29, 0.717) is 6.54 Å². The molecule has 2 amide bonds. The SMILES string of the molecule is C=C(OCC(OC)C(OC(=O)NCCCCCCCCCCCCCCCCCC)C(N)=O)C(=O)OC. The van der Waals surface area contributed by atoms with E-state index in [4.69, 9.17) is 19.9 Å². The predicted molar refractivity (Wildman–Crippen MR) is 145 cm³/mol. The first kappa shape index (κ1) is 34.7. The molecule has 0 bridgehead atoms. The van der Waals surface area contributed by atoms with Crippen molar-refractivity contribution in [3.63, 3.8) is 0 Å². The zero-order valence-electron chi connectivity index (χ0n) is 23.5. The second kappa shape index (κ2) is 24.1. The first-order valence-electron chi connectivity index (χ1n) is 14.0. The topological polar surface area (TPSA) is 126 Å². The van der Waals surface area contributed by atoms with Crippen molar-refractivity contribution in [2.75, 3.05) is 27.4 Å². The largest absolute Gasteiger partial charge is 0.484 e. The number of primary amides is 1. The molecule has 3 N–H and O–H groups in total. The highest BCUT2D eigenvalue weighted by Crippen LogP contribution is 2.14. The molecular weight excluding hydrogens is 476 g/mol. The number of hydrogen-bond donors (Lipinski definition) is 2. The lowest BCUT2D eigenvalue weighted by Gasteiger charge is -2.23. The van der Waals surface area contributed by atoms with E-state index in [1.165, 1.54) is 97.7 Å². The van der Waals surface area contributed by atoms with Gasteiger partial charge in [0.2, 0.25) is 6.10 Å². The lowest BCUT2D eigenvalue weighted by atomic mass is 10.0. The van der Waals surface area contributed by atoms with E-state index in [1.54, 1.807) is 0 Å². The number of rotatable bonds is 25. The molecule has 9 heteroatoms. The molecule has 2 unspecified atom stereocenters. The Morgan fingerprint density at radius 3 is 1.65 bits per heavy atom. The average molecular weight is 529 g/mol. The van der Waals surface area contributed by atoms with Crippen LogP contribution in [0.15, 0.2) is 12.3 Å². The fourth-order valence-electron chi connectivity index (χ4n) is 3.97. The number of carbonyl (C=O) groups is 3. The molecule has 0 saturated heterocycles. The molecule has 0 heterocycles. The molecule has 0 fully saturated rings. The zero-order chi connectivity index (χ0) is 27.7. The van der Waals surface area contributed by atoms with Gasteiger partial charge in [0, 0.05) is 13.7 Å². The van der Waals surface area contributed by atoms with Gasteiger partial charge in [0.25, 0.3) is 5.91 Å². The van der Waals surface area contributed by atoms with Gasteiger partial charge in [-0.15, -0.1) is 0 Å². The summed E-state index contributed by atoms with van der Waals surface area (Å²) in [6.07, 6.45) is 17.3. The summed E-state index contributed by atoms with van der Waals surface area (Å²) in [4.78, 5) is 35.2. The molecule has 0 radical (unpaired) electrons. The molecule has 216 valence electrons. The third-order valence-electron chi connectivity index (χ3n) is 6.29. The normalized spacial score (nSPS) is 12.4. The molecule has 2 atom stereocenters. The lowest BCUT2D eigenvalue weighted by molar-refractivity contribution is -0.143. The Balaban J connectivity index is 3.82. The Hall–Kier alpha value is -2.29. The molecule has 0 aliphatic carbocycles. The standard InChI is InChI=1S/C28H52N2O7/c1-5-6-7-8-9-10-11-12-13-14-15-16-17-18-19-20-21-30-28(33)37-25(26(29)31)24(34-3)22-36-23(2)27(32)35-4/h24-25H,2,5-22H2,1,3-4H3,(H2,29,31)(H,30,33). The smallest absolute Gasteiger partial charge is 0.408 e. The number of methoxy groups -OCH3 is 2. The van der Waals surface area contributed by atoms with Gasteiger partial charge in [0.15, 0.2) is 5.76 Å². The van der Waals surface area contributed by atoms with Gasteiger partial charge in [-0.1, -0.05) is 103 Å². The van der Waals surface area contributed by atoms with Crippen LogP contribution in [-0.2, 0) is 28.5 Å². The highest BCUT2D eigenvalue weighted by atomic mass is 16.6. The molecule has 0 aromatic carbocycles. The lowest BCUT2D eigenvalue weighted by Crippen LogP contribution is -2.47. The summed E-state index contributed by atoms with van der Waals surface area (Å²) < 4.78 is 19.9. The third-order valence-corrected chi connectivity index (χ3v) is 6.29. The fourth-order valence-corrected chi connectivity index (χ4v) is 3.97. The third kappa shape index (κ3) is 19.5. The van der Waals surface area contributed by atoms with Crippen LogP contribution in [0.5, 0.6) is 0 Å². The van der Waals surface area contributed by atoms with Gasteiger partial charge in [-0.05, 0) is 13.0 Å². The molecule has 0 aromatic rings. The van der Waals surface area contributed by atoms with E-state index >= 15 is 0 Å². The van der Waals surface area contributed by atoms with Crippen molar-refractivity contribution in [2.24, 2.45) is 5.73 Å². The predicted octanol–water partition coefficient (Wildman–Crippen LogP) is 5.55. The molecular formula is C28H52N2O7. The summed E-state index contributed by atoms with van der Waals surface area (Å²) in [6.45, 7) is 5.84. The second-order valence-electron chi connectivity index (χ2n) is 9.46. The van der Waals surface area contributed by atoms with Crippen molar-refractivity contribution < 1.29 is 33.3 Å². The van der Waals surface area contributed by atoms with Gasteiger partial charge in [-0.2, -0.15) is 0 Å². The van der Waals surface area contributed by atoms with E-state index in [9.17, 15) is 14.4 Å². The number of alkyl carbamates (subject to hydrolysis) is 1. The molecule has 9 nitrogen and oxygen atoms in total. The minimum absolute atomic E-state index is 0.263. The van der Waals surface area contributed by atoms with Crippen LogP contribution < -0.4 is 11.1 Å². The van der Waals surface area contributed by atoms with Crippen molar-refractivity contribution in [1.82, 2.24) is 5.32 Å². The Bertz CT molecular complexity index is 628. The van der Waals surface area contributed by atoms with Crippen LogP contribution >= 0.6 is 0 Å². The number of unbranched alkanes of at least 4 members (excludes halogenated alkanes) is 15. The van der Waals surface area contributed by atoms with Crippen molar-refractivity contribution >= 4 is 18.0 Å². The van der Waals surface area contributed by atoms with Crippen molar-refractivity contribution in [3.05, 3.63) is 12.3 Å². The molecule has 0 spiro atoms. The zero-order valence-corrected chi connectivity index (χ0v) is 23.5. The minimum atomic E-state index is -1.39. The van der Waals surface area contributed by atoms with E-state index < -0.39 is 30.2 Å². The summed E-state index contributed by atoms with van der Waals surface area (Å²) in [5, 5.41) is 2.63. The summed E-state index contributed by atoms with van der Waals surface area (Å²) >= 11 is 0. The van der Waals surface area contributed by atoms with Crippen LogP contribution in [0, 0.1) is 0 Å². The Labute approximate surface area is 224 Å². The van der Waals surface area contributed by atoms with Crippen molar-refractivity contribution in [2.45, 2.75) is 122 Å². The van der Waals surface area contributed by atoms with Crippen molar-refractivity contribution in [3.8, 4) is 0 Å². The van der Waals surface area contributed by atoms with Gasteiger partial charge in [0.05, 0.1) is 7.11 Å². The van der Waals surface area contributed by atoms with Crippen LogP contribution in [0.3, 0.4) is 0 Å². The van der Waals surface area contributed by atoms with Gasteiger partial charge in [-0.25, -0.2) is 9.59 Å². The number of esters is 1. The first-order valence-corrected chi connectivity index (χ1v) is 14.0. The van der Waals surface area contributed by atoms with Gasteiger partial charge in [-0.3, -0.25) is 4.79 Å². The van der Waals surface area contributed by atoms with Crippen LogP contribution in [0.2, 0.25) is 0 Å². The number of carbonyl (C=O) groups excluding carboxylic acids is 3. The summed E-state index contributed by atoms with van der Waals surface area (Å²) in [7, 11) is 2.49. The number of ether oxygens (including phenoxy) is 4. The van der Waals surface area contributed by atoms with E-state index in [-0.39, 0.29) is 12.4 Å². The maximum atomic E-state index is 12.1. The Kier molecular flexibility index (Phi) is 22.6. The number of nitrogens with two attached hydrogens (primary N) is 1. The molecule has 0 aromatic heterocycles. The fraction of sp³-hybridized carbons (Fsp3) is 0.821. The second-order valence-corrected chi connectivity index (χ2v) is 9.46. The van der Waals surface area contributed by atoms with Crippen LogP contribution in [0.4, 0.5) is 4.79 Å². The molecule has 0 aliphatic heterocycles. The van der Waals surface area contributed by atoms with Crippen LogP contribution in [0.25, 0.3) is 0 Å². The summed E-state index contributed by atoms with van der Waals surface area (Å²) in [5.41, 5.74) is 5.36. The monoisotopic (exact) mass is 528 g/mol. The summed E-state index contributed by atoms with van der Waals surface area (Å²) in [5.74, 6) is -1.92. The average Bonchev–Trinajstić information content (AvgIpc) is 2.89. The Morgan fingerprint density at radius 2 is 1.24 bits per heavy atom. The van der Waals surface area contributed by atoms with Gasteiger partial charge >= 0.3 is 12.1 Å². The molecule has 0 saturated carbocycles. The highest BCUT2D eigenvalue weighted by Gasteiger charge is 2.31. The van der Waals surface area contributed by atoms with E-state index in [0.717, 1.165) is 19.3 Å². The number of amides is 2. The van der Waals surface area contributed by atoms with Crippen LogP contribution in [-0.4, -0.2) is 57.5 Å². The van der Waals surface area contributed by atoms with E-state index in [2.05, 4.69) is 23.6 Å². The van der Waals surface area contributed by atoms with E-state index in [1.807, 2.05) is 0 Å². The van der Waals surface area contributed by atoms with Crippen LogP contribution in [0.1, 0.15) is 110 Å². The number of hydrogen-bond acceptors (Lipinski definition) is 7. The summed E-state index contributed by atoms with van der Waals surface area (Å²) in [6, 6.07) is 0. The van der Waals surface area contributed by atoms with Crippen molar-refractivity contribution in [1.29, 1.82) is 0 Å². The maximum Gasteiger partial charge on any atom is 0.408 e. The maximum absolute atomic E-state index is 12.1. The highest BCUT2D eigenvalue weighted by molar-refractivity contribution is 5.85. The van der Waals surface area contributed by atoms with Gasteiger partial charge < -0.3 is 30.0 Å². The minimum Gasteiger partial charge on any atom is -0.484 e. The molecule has 0 rings (SSSR count). The quantitative estimate of drug-likeness (QED) is 0.0689. The number of nitrogens with one attached hydrogen (secondary N) is 1. The molecule has 0 aliphatic rings. The van der Waals surface area contributed by atoms with Gasteiger partial charge in [0.1, 0.15) is 12.7 Å². The Morgan fingerprint density at radius 1 is 0.784 bits per heavy atom. The molecule has 37 heavy (non-hydrogen) atoms.